The molecular formula is C23H29ClO4Si. The van der Waals surface area contributed by atoms with Gasteiger partial charge in [0.1, 0.15) is 23.3 Å². The second-order valence-corrected chi connectivity index (χ2v) is 13.8. The van der Waals surface area contributed by atoms with Crippen LogP contribution in [0.25, 0.3) is 22.3 Å². The van der Waals surface area contributed by atoms with Crippen LogP contribution in [0.2, 0.25) is 23.2 Å². The Morgan fingerprint density at radius 2 is 1.69 bits per heavy atom. The summed E-state index contributed by atoms with van der Waals surface area (Å²) in [4.78, 5) is 0. The van der Waals surface area contributed by atoms with Crippen LogP contribution in [0.4, 0.5) is 0 Å². The Kier molecular flexibility index (Phi) is 6.32. The highest BCUT2D eigenvalue weighted by molar-refractivity contribution is 6.74. The van der Waals surface area contributed by atoms with Gasteiger partial charge >= 0.3 is 0 Å². The topological polar surface area (TPSA) is 40.8 Å². The summed E-state index contributed by atoms with van der Waals surface area (Å²) in [5.74, 6) is 2.17. The van der Waals surface area contributed by atoms with Gasteiger partial charge in [-0.3, -0.25) is 0 Å². The Labute approximate surface area is 178 Å². The highest BCUT2D eigenvalue weighted by Crippen LogP contribution is 2.48. The fourth-order valence-electron chi connectivity index (χ4n) is 2.74. The van der Waals surface area contributed by atoms with Crippen molar-refractivity contribution >= 4 is 30.9 Å². The Morgan fingerprint density at radius 3 is 2.31 bits per heavy atom. The smallest absolute Gasteiger partial charge is 0.250 e. The van der Waals surface area contributed by atoms with Gasteiger partial charge in [-0.25, -0.2) is 0 Å². The van der Waals surface area contributed by atoms with Crippen LogP contribution in [0, 0.1) is 0 Å². The molecule has 0 saturated heterocycles. The quantitative estimate of drug-likeness (QED) is 0.293. The van der Waals surface area contributed by atoms with E-state index in [2.05, 4.69) is 33.9 Å². The number of methoxy groups -OCH3 is 1. The lowest BCUT2D eigenvalue weighted by Crippen LogP contribution is -2.43. The molecule has 2 aromatic carbocycles. The zero-order valence-electron chi connectivity index (χ0n) is 18.0. The molecule has 6 heteroatoms. The molecule has 1 heterocycles. The molecule has 0 fully saturated rings. The first-order valence-corrected chi connectivity index (χ1v) is 13.0. The molecule has 29 heavy (non-hydrogen) atoms. The zero-order chi connectivity index (χ0) is 21.2. The zero-order valence-corrected chi connectivity index (χ0v) is 19.7. The van der Waals surface area contributed by atoms with E-state index in [1.165, 1.54) is 0 Å². The van der Waals surface area contributed by atoms with Gasteiger partial charge in [-0.15, -0.1) is 0 Å². The summed E-state index contributed by atoms with van der Waals surface area (Å²) in [7, 11) is -0.470. The molecule has 3 rings (SSSR count). The second-order valence-electron chi connectivity index (χ2n) is 8.60. The maximum atomic E-state index is 6.78. The van der Waals surface area contributed by atoms with E-state index in [4.69, 9.17) is 29.9 Å². The van der Waals surface area contributed by atoms with E-state index in [9.17, 15) is 0 Å². The van der Waals surface area contributed by atoms with Gasteiger partial charge in [0.15, 0.2) is 11.5 Å². The van der Waals surface area contributed by atoms with E-state index >= 15 is 0 Å². The molecule has 0 atom stereocenters. The van der Waals surface area contributed by atoms with Crippen LogP contribution >= 0.6 is 11.6 Å². The molecule has 0 aliphatic rings. The van der Waals surface area contributed by atoms with Crippen molar-refractivity contribution in [2.75, 3.05) is 20.3 Å². The third kappa shape index (κ3) is 4.63. The van der Waals surface area contributed by atoms with Gasteiger partial charge in [-0.1, -0.05) is 38.4 Å². The fourth-order valence-corrected chi connectivity index (χ4v) is 3.88. The molecule has 1 aromatic heterocycles. The van der Waals surface area contributed by atoms with E-state index in [1.807, 2.05) is 42.5 Å². The summed E-state index contributed by atoms with van der Waals surface area (Å²) in [6, 6.07) is 13.4. The molecule has 0 spiro atoms. The summed E-state index contributed by atoms with van der Waals surface area (Å²) < 4.78 is 24.2. The molecule has 3 aromatic rings. The Bertz CT molecular complexity index is 971. The molecule has 0 aliphatic carbocycles. The van der Waals surface area contributed by atoms with Crippen molar-refractivity contribution in [3.05, 3.63) is 47.5 Å². The fraction of sp³-hybridized carbons (Fsp3) is 0.391. The predicted octanol–water partition coefficient (Wildman–Crippen LogP) is 7.16. The lowest BCUT2D eigenvalue weighted by molar-refractivity contribution is 0.147. The van der Waals surface area contributed by atoms with E-state index < -0.39 is 8.32 Å². The van der Waals surface area contributed by atoms with E-state index in [1.54, 1.807) is 7.11 Å². The van der Waals surface area contributed by atoms with Gasteiger partial charge in [0, 0.05) is 17.7 Å². The maximum absolute atomic E-state index is 6.78. The van der Waals surface area contributed by atoms with Crippen LogP contribution in [0.3, 0.4) is 0 Å². The van der Waals surface area contributed by atoms with E-state index in [-0.39, 0.29) is 5.04 Å². The minimum atomic E-state index is -2.13. The van der Waals surface area contributed by atoms with Gasteiger partial charge in [0.05, 0.1) is 6.61 Å². The standard InChI is InChI=1S/C23H29ClO4Si/c1-23(2,3)29(5,6)28-22-20-18(26-15-14-25-4)8-7-9-19(20)27-21(22)16-10-12-17(24)13-11-16/h7-13H,14-15H2,1-6H3. The molecule has 0 unspecified atom stereocenters. The normalized spacial score (nSPS) is 12.4. The predicted molar refractivity (Wildman–Crippen MR) is 122 cm³/mol. The van der Waals surface area contributed by atoms with E-state index in [0.29, 0.717) is 24.0 Å². The average molecular weight is 433 g/mol. The SMILES string of the molecule is COCCOc1cccc2oc(-c3ccc(Cl)cc3)c(O[Si](C)(C)C(C)(C)C)c12. The molecule has 0 bridgehead atoms. The Balaban J connectivity index is 2.19. The van der Waals surface area contributed by atoms with Gasteiger partial charge in [0.2, 0.25) is 0 Å². The third-order valence-corrected chi connectivity index (χ3v) is 10.0. The summed E-state index contributed by atoms with van der Waals surface area (Å²) in [5, 5.41) is 1.58. The van der Waals surface area contributed by atoms with Crippen LogP contribution < -0.4 is 9.16 Å². The minimum absolute atomic E-state index is 0.0414. The lowest BCUT2D eigenvalue weighted by atomic mass is 10.1. The number of fused-ring (bicyclic) bond motifs is 1. The van der Waals surface area contributed by atoms with Crippen molar-refractivity contribution in [2.45, 2.75) is 38.9 Å². The largest absolute Gasteiger partial charge is 0.540 e. The Hall–Kier alpha value is -1.95. The van der Waals surface area contributed by atoms with Crippen molar-refractivity contribution in [3.8, 4) is 22.8 Å². The van der Waals surface area contributed by atoms with Crippen LogP contribution in [-0.4, -0.2) is 28.6 Å². The number of benzene rings is 2. The maximum Gasteiger partial charge on any atom is 0.250 e. The van der Waals surface area contributed by atoms with E-state index in [0.717, 1.165) is 28.0 Å². The van der Waals surface area contributed by atoms with Crippen LogP contribution in [-0.2, 0) is 4.74 Å². The Morgan fingerprint density at radius 1 is 1.00 bits per heavy atom. The molecule has 156 valence electrons. The van der Waals surface area contributed by atoms with Gasteiger partial charge in [-0.05, 0) is 54.5 Å². The number of ether oxygens (including phenoxy) is 2. The first kappa shape index (κ1) is 21.7. The summed E-state index contributed by atoms with van der Waals surface area (Å²) in [6.07, 6.45) is 0. The molecule has 0 N–H and O–H groups in total. The molecule has 0 aliphatic heterocycles. The van der Waals surface area contributed by atoms with Crippen LogP contribution in [0.5, 0.6) is 11.5 Å². The highest BCUT2D eigenvalue weighted by atomic mass is 35.5. The van der Waals surface area contributed by atoms with Gasteiger partial charge in [0.25, 0.3) is 8.32 Å². The first-order chi connectivity index (χ1) is 13.6. The number of furan rings is 1. The average Bonchev–Trinajstić information content (AvgIpc) is 3.00. The molecule has 0 radical (unpaired) electrons. The first-order valence-electron chi connectivity index (χ1n) is 9.76. The molecular weight excluding hydrogens is 404 g/mol. The number of rotatable bonds is 7. The van der Waals surface area contributed by atoms with Crippen LogP contribution in [0.15, 0.2) is 46.9 Å². The number of hydrogen-bond donors (Lipinski definition) is 0. The van der Waals surface area contributed by atoms with Crippen molar-refractivity contribution in [3.63, 3.8) is 0 Å². The summed E-state index contributed by atoms with van der Waals surface area (Å²) >= 11 is 6.09. The van der Waals surface area contributed by atoms with Crippen molar-refractivity contribution < 1.29 is 18.3 Å². The van der Waals surface area contributed by atoms with Crippen molar-refractivity contribution in [1.29, 1.82) is 0 Å². The summed E-state index contributed by atoms with van der Waals surface area (Å²) in [5.41, 5.74) is 1.65. The van der Waals surface area contributed by atoms with Crippen molar-refractivity contribution in [2.24, 2.45) is 0 Å². The van der Waals surface area contributed by atoms with Gasteiger partial charge < -0.3 is 18.3 Å². The molecule has 0 saturated carbocycles. The van der Waals surface area contributed by atoms with Gasteiger partial charge in [-0.2, -0.15) is 0 Å². The minimum Gasteiger partial charge on any atom is -0.540 e. The van der Waals surface area contributed by atoms with Crippen LogP contribution in [0.1, 0.15) is 20.8 Å². The highest BCUT2D eigenvalue weighted by Gasteiger charge is 2.40. The molecule has 4 nitrogen and oxygen atoms in total. The summed E-state index contributed by atoms with van der Waals surface area (Å²) in [6.45, 7) is 12.1. The lowest BCUT2D eigenvalue weighted by Gasteiger charge is -2.36. The third-order valence-electron chi connectivity index (χ3n) is 5.45. The number of hydrogen-bond acceptors (Lipinski definition) is 4. The monoisotopic (exact) mass is 432 g/mol. The molecule has 0 amide bonds. The second kappa shape index (κ2) is 8.42. The van der Waals surface area contributed by atoms with Crippen molar-refractivity contribution in [1.82, 2.24) is 0 Å². The number of halogens is 1.